The van der Waals surface area contributed by atoms with E-state index in [1.807, 2.05) is 0 Å². The Hall–Kier alpha value is -2.67. The maximum Gasteiger partial charge on any atom is 0.256 e. The molecular formula is C19H22N2O4S. The van der Waals surface area contributed by atoms with Crippen LogP contribution in [0.5, 0.6) is 0 Å². The summed E-state index contributed by atoms with van der Waals surface area (Å²) in [5.41, 5.74) is 1.30. The van der Waals surface area contributed by atoms with E-state index in [2.05, 4.69) is 5.32 Å². The molecule has 0 bridgehead atoms. The number of rotatable bonds is 5. The molecule has 0 aliphatic carbocycles. The average molecular weight is 374 g/mol. The number of amides is 2. The molecule has 0 aliphatic heterocycles. The van der Waals surface area contributed by atoms with Crippen molar-refractivity contribution in [3.05, 3.63) is 54.1 Å². The van der Waals surface area contributed by atoms with E-state index in [-0.39, 0.29) is 16.4 Å². The summed E-state index contributed by atoms with van der Waals surface area (Å²) >= 11 is 0. The zero-order valence-corrected chi connectivity index (χ0v) is 16.0. The second-order valence-corrected chi connectivity index (χ2v) is 8.64. The van der Waals surface area contributed by atoms with Crippen molar-refractivity contribution in [2.45, 2.75) is 30.9 Å². The third kappa shape index (κ3) is 4.11. The van der Waals surface area contributed by atoms with E-state index >= 15 is 0 Å². The van der Waals surface area contributed by atoms with Gasteiger partial charge in [-0.15, -0.1) is 0 Å². The quantitative estimate of drug-likeness (QED) is 0.872. The van der Waals surface area contributed by atoms with Crippen molar-refractivity contribution in [2.75, 3.05) is 17.3 Å². The van der Waals surface area contributed by atoms with Crippen LogP contribution >= 0.6 is 0 Å². The van der Waals surface area contributed by atoms with E-state index in [0.717, 1.165) is 0 Å². The number of nitrogens with one attached hydrogen (secondary N) is 1. The van der Waals surface area contributed by atoms with Gasteiger partial charge in [0.1, 0.15) is 0 Å². The summed E-state index contributed by atoms with van der Waals surface area (Å²) in [6.45, 7) is 4.62. The highest BCUT2D eigenvalue weighted by atomic mass is 32.2. The Morgan fingerprint density at radius 1 is 1.00 bits per heavy atom. The van der Waals surface area contributed by atoms with Crippen LogP contribution in [0.25, 0.3) is 0 Å². The van der Waals surface area contributed by atoms with E-state index in [1.165, 1.54) is 24.0 Å². The van der Waals surface area contributed by atoms with Gasteiger partial charge in [0, 0.05) is 25.3 Å². The maximum absolute atomic E-state index is 12.6. The Bertz CT molecular complexity index is 919. The second kappa shape index (κ2) is 7.70. The van der Waals surface area contributed by atoms with Crippen LogP contribution in [0.2, 0.25) is 0 Å². The topological polar surface area (TPSA) is 83.6 Å². The Balaban J connectivity index is 2.28. The normalized spacial score (nSPS) is 11.3. The van der Waals surface area contributed by atoms with Crippen LogP contribution in [-0.2, 0) is 14.6 Å². The van der Waals surface area contributed by atoms with Crippen LogP contribution in [0.15, 0.2) is 53.4 Å². The van der Waals surface area contributed by atoms with Gasteiger partial charge in [0.25, 0.3) is 5.91 Å². The van der Waals surface area contributed by atoms with E-state index < -0.39 is 21.0 Å². The molecule has 6 nitrogen and oxygen atoms in total. The van der Waals surface area contributed by atoms with Crippen molar-refractivity contribution in [3.63, 3.8) is 0 Å². The minimum absolute atomic E-state index is 0.0143. The summed E-state index contributed by atoms with van der Waals surface area (Å²) in [7, 11) is -1.92. The van der Waals surface area contributed by atoms with Crippen molar-refractivity contribution in [1.82, 2.24) is 0 Å². The zero-order valence-electron chi connectivity index (χ0n) is 15.2. The van der Waals surface area contributed by atoms with Crippen LogP contribution in [-0.4, -0.2) is 32.5 Å². The van der Waals surface area contributed by atoms with E-state index in [4.69, 9.17) is 0 Å². The molecule has 2 amide bonds. The van der Waals surface area contributed by atoms with Gasteiger partial charge < -0.3 is 10.2 Å². The Labute approximate surface area is 153 Å². The highest BCUT2D eigenvalue weighted by Crippen LogP contribution is 2.22. The second-order valence-electron chi connectivity index (χ2n) is 6.17. The minimum atomic E-state index is -3.58. The van der Waals surface area contributed by atoms with Crippen LogP contribution in [0.1, 0.15) is 31.1 Å². The van der Waals surface area contributed by atoms with Crippen LogP contribution in [0.3, 0.4) is 0 Å². The van der Waals surface area contributed by atoms with E-state index in [9.17, 15) is 18.0 Å². The molecule has 138 valence electrons. The van der Waals surface area contributed by atoms with Gasteiger partial charge in [-0.05, 0) is 50.2 Å². The lowest BCUT2D eigenvalue weighted by atomic mass is 10.2. The third-order valence-electron chi connectivity index (χ3n) is 4.04. The monoisotopic (exact) mass is 374 g/mol. The number of hydrogen-bond donors (Lipinski definition) is 1. The molecule has 0 unspecified atom stereocenters. The van der Waals surface area contributed by atoms with Crippen LogP contribution in [0.4, 0.5) is 11.4 Å². The van der Waals surface area contributed by atoms with E-state index in [0.29, 0.717) is 11.4 Å². The Morgan fingerprint density at radius 3 is 2.12 bits per heavy atom. The first-order chi connectivity index (χ1) is 12.1. The standard InChI is InChI=1S/C19H22N2O4S/c1-13(2)26(24,25)18-8-6-5-7-17(18)19(23)20-15-9-11-16(12-10-15)21(4)14(3)22/h5-13H,1-4H3,(H,20,23). The lowest BCUT2D eigenvalue weighted by Crippen LogP contribution is -2.23. The zero-order chi connectivity index (χ0) is 19.5. The molecule has 0 aliphatic rings. The van der Waals surface area contributed by atoms with Gasteiger partial charge in [0.15, 0.2) is 9.84 Å². The molecule has 2 aromatic carbocycles. The number of carbonyl (C=O) groups is 2. The molecule has 1 N–H and O–H groups in total. The maximum atomic E-state index is 12.6. The molecule has 0 spiro atoms. The third-order valence-corrected chi connectivity index (χ3v) is 6.25. The van der Waals surface area contributed by atoms with Gasteiger partial charge in [-0.2, -0.15) is 0 Å². The Morgan fingerprint density at radius 2 is 1.58 bits per heavy atom. The summed E-state index contributed by atoms with van der Waals surface area (Å²) in [6, 6.07) is 12.9. The lowest BCUT2D eigenvalue weighted by molar-refractivity contribution is -0.116. The number of nitrogens with zero attached hydrogens (tertiary/aromatic N) is 1. The van der Waals surface area contributed by atoms with E-state index in [1.54, 1.807) is 57.3 Å². The highest BCUT2D eigenvalue weighted by Gasteiger charge is 2.25. The summed E-state index contributed by atoms with van der Waals surface area (Å²) < 4.78 is 25.0. The fourth-order valence-corrected chi connectivity index (χ4v) is 3.55. The number of hydrogen-bond acceptors (Lipinski definition) is 4. The molecule has 0 aromatic heterocycles. The van der Waals surface area contributed by atoms with Crippen molar-refractivity contribution < 1.29 is 18.0 Å². The van der Waals surface area contributed by atoms with Crippen LogP contribution < -0.4 is 10.2 Å². The SMILES string of the molecule is CC(=O)N(C)c1ccc(NC(=O)c2ccccc2S(=O)(=O)C(C)C)cc1. The predicted octanol–water partition coefficient (Wildman–Crippen LogP) is 3.10. The molecule has 0 heterocycles. The largest absolute Gasteiger partial charge is 0.322 e. The number of anilines is 2. The fraction of sp³-hybridized carbons (Fsp3) is 0.263. The summed E-state index contributed by atoms with van der Waals surface area (Å²) in [5, 5.41) is 2.07. The Kier molecular flexibility index (Phi) is 5.82. The first-order valence-corrected chi connectivity index (χ1v) is 9.68. The number of sulfone groups is 1. The smallest absolute Gasteiger partial charge is 0.256 e. The first kappa shape index (κ1) is 19.7. The lowest BCUT2D eigenvalue weighted by Gasteiger charge is -2.16. The summed E-state index contributed by atoms with van der Waals surface area (Å²) in [6.07, 6.45) is 0. The number of benzene rings is 2. The molecular weight excluding hydrogens is 352 g/mol. The van der Waals surface area contributed by atoms with Gasteiger partial charge in [0.05, 0.1) is 15.7 Å². The molecule has 0 atom stereocenters. The number of carbonyl (C=O) groups excluding carboxylic acids is 2. The van der Waals surface area contributed by atoms with Gasteiger partial charge in [0.2, 0.25) is 5.91 Å². The molecule has 2 rings (SSSR count). The van der Waals surface area contributed by atoms with Gasteiger partial charge >= 0.3 is 0 Å². The van der Waals surface area contributed by atoms with Gasteiger partial charge in [-0.3, -0.25) is 9.59 Å². The first-order valence-electron chi connectivity index (χ1n) is 8.13. The summed E-state index contributed by atoms with van der Waals surface area (Å²) in [4.78, 5) is 25.5. The van der Waals surface area contributed by atoms with Crippen molar-refractivity contribution in [3.8, 4) is 0 Å². The van der Waals surface area contributed by atoms with Crippen molar-refractivity contribution >= 4 is 33.0 Å². The molecule has 0 fully saturated rings. The van der Waals surface area contributed by atoms with Gasteiger partial charge in [-0.1, -0.05) is 12.1 Å². The molecule has 0 radical (unpaired) electrons. The fourth-order valence-electron chi connectivity index (χ4n) is 2.30. The predicted molar refractivity (Wildman–Crippen MR) is 102 cm³/mol. The molecule has 26 heavy (non-hydrogen) atoms. The average Bonchev–Trinajstić information content (AvgIpc) is 2.61. The van der Waals surface area contributed by atoms with Crippen molar-refractivity contribution in [2.24, 2.45) is 0 Å². The summed E-state index contributed by atoms with van der Waals surface area (Å²) in [5.74, 6) is -0.605. The molecule has 2 aromatic rings. The minimum Gasteiger partial charge on any atom is -0.322 e. The highest BCUT2D eigenvalue weighted by molar-refractivity contribution is 7.92. The van der Waals surface area contributed by atoms with Crippen LogP contribution in [0, 0.1) is 0 Å². The molecule has 0 saturated heterocycles. The molecule has 0 saturated carbocycles. The molecule has 7 heteroatoms. The van der Waals surface area contributed by atoms with Gasteiger partial charge in [-0.25, -0.2) is 8.42 Å². The van der Waals surface area contributed by atoms with Crippen molar-refractivity contribution in [1.29, 1.82) is 0 Å².